The zero-order chi connectivity index (χ0) is 21.4. The quantitative estimate of drug-likeness (QED) is 0.293. The summed E-state index contributed by atoms with van der Waals surface area (Å²) >= 11 is 5.14. The van der Waals surface area contributed by atoms with Crippen molar-refractivity contribution in [1.29, 1.82) is 0 Å². The van der Waals surface area contributed by atoms with Crippen LogP contribution in [0.2, 0.25) is 0 Å². The number of rotatable bonds is 5. The highest BCUT2D eigenvalue weighted by Crippen LogP contribution is 2.24. The van der Waals surface area contributed by atoms with Crippen molar-refractivity contribution in [2.24, 2.45) is 0 Å². The fraction of sp³-hybridized carbons (Fsp3) is 0.650. The number of nitrogens with zero attached hydrogens (tertiary/aromatic N) is 3. The number of β-amino-alcohol motifs (C(OH)–C–C–N with tert-alkyl or cyclic N) is 1. The third kappa shape index (κ3) is 7.35. The Labute approximate surface area is 189 Å². The minimum absolute atomic E-state index is 0. The molecule has 0 bridgehead atoms. The van der Waals surface area contributed by atoms with Crippen LogP contribution in [0.3, 0.4) is 0 Å². The lowest BCUT2D eigenvalue weighted by atomic mass is 10.1. The number of aryl methyl sites for hydroxylation is 1. The maximum absolute atomic E-state index is 12.9. The van der Waals surface area contributed by atoms with Crippen molar-refractivity contribution >= 4 is 29.5 Å². The first-order chi connectivity index (χ1) is 13.9. The van der Waals surface area contributed by atoms with E-state index in [1.807, 2.05) is 14.1 Å². The van der Waals surface area contributed by atoms with Crippen molar-refractivity contribution in [3.63, 3.8) is 0 Å². The molecule has 0 aliphatic carbocycles. The zero-order valence-corrected chi connectivity index (χ0v) is 19.4. The number of hydrogen-bond acceptors (Lipinski definition) is 5. The average molecular weight is 463 g/mol. The van der Waals surface area contributed by atoms with Crippen molar-refractivity contribution in [2.45, 2.75) is 25.9 Å². The molecule has 0 aromatic carbocycles. The largest absolute Gasteiger partial charge is 1.00 e. The van der Waals surface area contributed by atoms with Crippen molar-refractivity contribution in [3.05, 3.63) is 22.5 Å². The number of hydrogen-bond donors (Lipinski definition) is 2. The van der Waals surface area contributed by atoms with Crippen LogP contribution in [0.1, 0.15) is 38.5 Å². The molecule has 8 nitrogen and oxygen atoms in total. The minimum Gasteiger partial charge on any atom is -1.00 e. The first-order valence-corrected chi connectivity index (χ1v) is 10.3. The van der Waals surface area contributed by atoms with Crippen LogP contribution in [-0.2, 0) is 11.2 Å². The Hall–Kier alpha value is -1.45. The van der Waals surface area contributed by atoms with Gasteiger partial charge in [0.1, 0.15) is 14.1 Å². The van der Waals surface area contributed by atoms with E-state index in [1.165, 1.54) is 5.67 Å². The van der Waals surface area contributed by atoms with Gasteiger partial charge < -0.3 is 32.1 Å². The van der Waals surface area contributed by atoms with E-state index in [1.54, 1.807) is 16.4 Å². The van der Waals surface area contributed by atoms with Crippen LogP contribution in [0.5, 0.6) is 0 Å². The van der Waals surface area contributed by atoms with E-state index < -0.39 is 6.10 Å². The third-order valence-corrected chi connectivity index (χ3v) is 5.43. The average Bonchev–Trinajstić information content (AvgIpc) is 2.94. The number of ether oxygens (including phenoxy) is 1. The van der Waals surface area contributed by atoms with E-state index in [4.69, 9.17) is 16.3 Å². The Morgan fingerprint density at radius 2 is 1.90 bits per heavy atom. The standard InChI is InChI=1S/C17H25N3O4.C3H7ClN.ClH/c1-12-15(11-21)18-14-3-2-4-20(17(23)16(12)14)10-13(22)9-19-5-7-24-8-6-19;1-5(2)3-4;/h11,13,18,22H,2-10H2,1H3;3H,1-2H3;1H/q;+1;/p-1. The van der Waals surface area contributed by atoms with Gasteiger partial charge in [-0.25, -0.2) is 4.58 Å². The number of halogens is 2. The molecule has 0 radical (unpaired) electrons. The number of aromatic nitrogens is 1. The van der Waals surface area contributed by atoms with Gasteiger partial charge in [-0.15, -0.1) is 0 Å². The van der Waals surface area contributed by atoms with Crippen molar-refractivity contribution < 1.29 is 36.4 Å². The smallest absolute Gasteiger partial charge is 0.256 e. The Morgan fingerprint density at radius 1 is 1.27 bits per heavy atom. The fourth-order valence-corrected chi connectivity index (χ4v) is 3.55. The molecule has 1 unspecified atom stereocenters. The maximum atomic E-state index is 12.9. The molecule has 2 N–H and O–H groups in total. The van der Waals surface area contributed by atoms with Gasteiger partial charge in [0.25, 0.3) is 5.91 Å². The Kier molecular flexibility index (Phi) is 11.6. The van der Waals surface area contributed by atoms with Crippen molar-refractivity contribution in [3.8, 4) is 0 Å². The van der Waals surface area contributed by atoms with Crippen LogP contribution in [0.15, 0.2) is 0 Å². The Balaban J connectivity index is 0.000000674. The molecule has 10 heteroatoms. The lowest BCUT2D eigenvalue weighted by molar-refractivity contribution is -0.457. The van der Waals surface area contributed by atoms with Gasteiger partial charge in [-0.2, -0.15) is 0 Å². The van der Waals surface area contributed by atoms with Gasteiger partial charge in [0.15, 0.2) is 6.29 Å². The summed E-state index contributed by atoms with van der Waals surface area (Å²) in [4.78, 5) is 30.9. The van der Waals surface area contributed by atoms with E-state index in [0.717, 1.165) is 37.9 Å². The predicted octanol–water partition coefficient (Wildman–Crippen LogP) is -2.25. The van der Waals surface area contributed by atoms with Gasteiger partial charge in [0, 0.05) is 38.4 Å². The molecule has 1 aromatic heterocycles. The molecular formula is C20H32Cl2N4O4. The summed E-state index contributed by atoms with van der Waals surface area (Å²) in [7, 11) is 3.74. The van der Waals surface area contributed by atoms with Crippen molar-refractivity contribution in [1.82, 2.24) is 14.8 Å². The minimum atomic E-state index is -0.585. The molecule has 1 amide bonds. The fourth-order valence-electron chi connectivity index (χ4n) is 3.55. The molecule has 3 heterocycles. The number of nitrogens with one attached hydrogen (secondary N) is 1. The highest BCUT2D eigenvalue weighted by molar-refractivity contribution is 6.54. The summed E-state index contributed by atoms with van der Waals surface area (Å²) in [5.74, 6) is -0.0922. The molecule has 30 heavy (non-hydrogen) atoms. The molecule has 170 valence electrons. The number of fused-ring (bicyclic) bond motifs is 1. The van der Waals surface area contributed by atoms with E-state index in [-0.39, 0.29) is 18.3 Å². The van der Waals surface area contributed by atoms with Gasteiger partial charge in [-0.1, -0.05) is 0 Å². The van der Waals surface area contributed by atoms with Crippen LogP contribution in [-0.4, -0.2) is 108 Å². The van der Waals surface area contributed by atoms with Gasteiger partial charge >= 0.3 is 0 Å². The van der Waals surface area contributed by atoms with Gasteiger partial charge in [0.2, 0.25) is 5.67 Å². The number of aliphatic hydroxyl groups excluding tert-OH is 1. The van der Waals surface area contributed by atoms with Crippen LogP contribution >= 0.6 is 11.6 Å². The summed E-state index contributed by atoms with van der Waals surface area (Å²) in [5.41, 5.74) is 4.10. The van der Waals surface area contributed by atoms with Gasteiger partial charge in [0.05, 0.1) is 30.6 Å². The maximum Gasteiger partial charge on any atom is 0.256 e. The molecule has 0 saturated carbocycles. The summed E-state index contributed by atoms with van der Waals surface area (Å²) in [5, 5.41) is 10.4. The number of aldehydes is 1. The molecule has 1 fully saturated rings. The summed E-state index contributed by atoms with van der Waals surface area (Å²) < 4.78 is 7.08. The second-order valence-electron chi connectivity index (χ2n) is 7.62. The second kappa shape index (κ2) is 13.1. The van der Waals surface area contributed by atoms with E-state index in [9.17, 15) is 14.7 Å². The molecular weight excluding hydrogens is 431 g/mol. The molecule has 1 saturated heterocycles. The normalized spacial score (nSPS) is 17.6. The molecule has 2 aliphatic rings. The molecule has 1 atom stereocenters. The van der Waals surface area contributed by atoms with Crippen LogP contribution in [0.25, 0.3) is 0 Å². The predicted molar refractivity (Wildman–Crippen MR) is 112 cm³/mol. The van der Waals surface area contributed by atoms with Crippen LogP contribution in [0.4, 0.5) is 0 Å². The first-order valence-electron chi connectivity index (χ1n) is 9.91. The van der Waals surface area contributed by atoms with E-state index >= 15 is 0 Å². The number of carbonyl (C=O) groups is 2. The van der Waals surface area contributed by atoms with Gasteiger partial charge in [-0.05, 0) is 36.9 Å². The lowest BCUT2D eigenvalue weighted by Gasteiger charge is -2.31. The number of morpholine rings is 1. The summed E-state index contributed by atoms with van der Waals surface area (Å²) in [6.07, 6.45) is 1.74. The number of aliphatic hydroxyl groups is 1. The molecule has 2 aliphatic heterocycles. The topological polar surface area (TPSA) is 88.9 Å². The van der Waals surface area contributed by atoms with E-state index in [0.29, 0.717) is 49.7 Å². The molecule has 0 spiro atoms. The zero-order valence-electron chi connectivity index (χ0n) is 17.9. The van der Waals surface area contributed by atoms with Crippen molar-refractivity contribution in [2.75, 3.05) is 60.0 Å². The Bertz CT molecular complexity index is 729. The van der Waals surface area contributed by atoms with Crippen LogP contribution in [0, 0.1) is 6.92 Å². The summed E-state index contributed by atoms with van der Waals surface area (Å²) in [6, 6.07) is 0. The number of amides is 1. The van der Waals surface area contributed by atoms with Crippen LogP contribution < -0.4 is 12.4 Å². The third-order valence-electron chi connectivity index (χ3n) is 5.04. The molecule has 1 aromatic rings. The monoisotopic (exact) mass is 462 g/mol. The number of H-pyrrole nitrogens is 1. The molecule has 3 rings (SSSR count). The Morgan fingerprint density at radius 3 is 2.47 bits per heavy atom. The SMILES string of the molecule is C[N+](C)=CCl.Cc1c(C=O)[nH]c2c1C(=O)N(CC(O)CN1CCOCC1)CCC2.[Cl-]. The lowest BCUT2D eigenvalue weighted by Crippen LogP contribution is -3.00. The number of carbonyl (C=O) groups excluding carboxylic acids is 2. The highest BCUT2D eigenvalue weighted by atomic mass is 35.5. The number of aromatic amines is 1. The first kappa shape index (κ1) is 26.6. The van der Waals surface area contributed by atoms with Gasteiger partial charge in [-0.3, -0.25) is 14.5 Å². The van der Waals surface area contributed by atoms with E-state index in [2.05, 4.69) is 9.88 Å². The highest BCUT2D eigenvalue weighted by Gasteiger charge is 2.29. The summed E-state index contributed by atoms with van der Waals surface area (Å²) in [6.45, 7) is 6.29. The second-order valence-corrected chi connectivity index (χ2v) is 7.81.